The molecule has 1 atom stereocenters. The minimum Gasteiger partial charge on any atom is -0.352 e. The molecule has 0 aromatic heterocycles. The van der Waals surface area contributed by atoms with Gasteiger partial charge in [-0.25, -0.2) is 0 Å². The van der Waals surface area contributed by atoms with Crippen molar-refractivity contribution in [3.05, 3.63) is 35.4 Å². The Kier molecular flexibility index (Phi) is 9.34. The van der Waals surface area contributed by atoms with Gasteiger partial charge in [0.2, 0.25) is 11.8 Å². The summed E-state index contributed by atoms with van der Waals surface area (Å²) in [6, 6.07) is 6.80. The van der Waals surface area contributed by atoms with Gasteiger partial charge in [0.25, 0.3) is 5.91 Å². The first-order valence-electron chi connectivity index (χ1n) is 9.93. The molecule has 0 heterocycles. The average Bonchev–Trinajstić information content (AvgIpc) is 2.70. The summed E-state index contributed by atoms with van der Waals surface area (Å²) >= 11 is 1.61. The number of aryl methyl sites for hydroxylation is 1. The van der Waals surface area contributed by atoms with Crippen LogP contribution in [-0.2, 0) is 9.59 Å². The van der Waals surface area contributed by atoms with E-state index in [1.54, 1.807) is 23.9 Å². The fourth-order valence-corrected chi connectivity index (χ4v) is 3.82. The van der Waals surface area contributed by atoms with Crippen LogP contribution in [0.2, 0.25) is 0 Å². The SMILES string of the molecule is CSCCC(NC(=O)c1cccc(C)c1)C(=O)NCC(=O)NC1CCCCC1. The Labute approximate surface area is 171 Å². The Morgan fingerprint density at radius 1 is 1.18 bits per heavy atom. The Balaban J connectivity index is 1.87. The van der Waals surface area contributed by atoms with Gasteiger partial charge in [-0.3, -0.25) is 14.4 Å². The smallest absolute Gasteiger partial charge is 0.251 e. The highest BCUT2D eigenvalue weighted by molar-refractivity contribution is 7.98. The maximum atomic E-state index is 12.6. The number of thioether (sulfide) groups is 1. The molecule has 0 saturated heterocycles. The van der Waals surface area contributed by atoms with Gasteiger partial charge in [-0.15, -0.1) is 0 Å². The van der Waals surface area contributed by atoms with E-state index in [0.717, 1.165) is 37.0 Å². The van der Waals surface area contributed by atoms with Crippen LogP contribution in [-0.4, -0.2) is 48.4 Å². The molecule has 1 aromatic rings. The van der Waals surface area contributed by atoms with Crippen molar-refractivity contribution in [1.82, 2.24) is 16.0 Å². The van der Waals surface area contributed by atoms with Crippen molar-refractivity contribution >= 4 is 29.5 Å². The second-order valence-corrected chi connectivity index (χ2v) is 8.28. The molecular formula is C21H31N3O3S. The van der Waals surface area contributed by atoms with Crippen LogP contribution >= 0.6 is 11.8 Å². The number of nitrogens with one attached hydrogen (secondary N) is 3. The van der Waals surface area contributed by atoms with E-state index in [0.29, 0.717) is 12.0 Å². The van der Waals surface area contributed by atoms with Crippen molar-refractivity contribution in [2.75, 3.05) is 18.6 Å². The van der Waals surface area contributed by atoms with Crippen LogP contribution < -0.4 is 16.0 Å². The standard InChI is InChI=1S/C21H31N3O3S/c1-15-7-6-8-16(13-15)20(26)24-18(11-12-28-2)21(27)22-14-19(25)23-17-9-4-3-5-10-17/h6-8,13,17-18H,3-5,9-12,14H2,1-2H3,(H,22,27)(H,23,25)(H,24,26). The molecule has 3 N–H and O–H groups in total. The zero-order chi connectivity index (χ0) is 20.4. The molecule has 28 heavy (non-hydrogen) atoms. The lowest BCUT2D eigenvalue weighted by Gasteiger charge is -2.23. The zero-order valence-electron chi connectivity index (χ0n) is 16.8. The molecule has 1 unspecified atom stereocenters. The molecule has 1 aromatic carbocycles. The second kappa shape index (κ2) is 11.7. The van der Waals surface area contributed by atoms with Gasteiger partial charge in [0.1, 0.15) is 6.04 Å². The summed E-state index contributed by atoms with van der Waals surface area (Å²) in [4.78, 5) is 37.2. The van der Waals surface area contributed by atoms with E-state index in [9.17, 15) is 14.4 Å². The Morgan fingerprint density at radius 3 is 2.61 bits per heavy atom. The van der Waals surface area contributed by atoms with Gasteiger partial charge in [0.05, 0.1) is 6.54 Å². The van der Waals surface area contributed by atoms with Crippen LogP contribution in [0.1, 0.15) is 54.4 Å². The maximum absolute atomic E-state index is 12.6. The fraction of sp³-hybridized carbons (Fsp3) is 0.571. The van der Waals surface area contributed by atoms with Gasteiger partial charge in [-0.05, 0) is 50.3 Å². The largest absolute Gasteiger partial charge is 0.352 e. The number of amides is 3. The molecule has 1 aliphatic rings. The van der Waals surface area contributed by atoms with E-state index in [1.807, 2.05) is 25.3 Å². The Bertz CT molecular complexity index is 675. The van der Waals surface area contributed by atoms with Gasteiger partial charge in [-0.2, -0.15) is 11.8 Å². The molecule has 0 aliphatic heterocycles. The third-order valence-electron chi connectivity index (χ3n) is 4.91. The summed E-state index contributed by atoms with van der Waals surface area (Å²) in [6.45, 7) is 1.85. The van der Waals surface area contributed by atoms with E-state index in [-0.39, 0.29) is 30.3 Å². The number of rotatable bonds is 9. The van der Waals surface area contributed by atoms with E-state index in [4.69, 9.17) is 0 Å². The first-order chi connectivity index (χ1) is 13.5. The van der Waals surface area contributed by atoms with E-state index in [1.165, 1.54) is 6.42 Å². The Hall–Kier alpha value is -2.02. The van der Waals surface area contributed by atoms with Gasteiger partial charge in [-0.1, -0.05) is 37.0 Å². The third kappa shape index (κ3) is 7.54. The molecular weight excluding hydrogens is 374 g/mol. The van der Waals surface area contributed by atoms with E-state index in [2.05, 4.69) is 16.0 Å². The highest BCUT2D eigenvalue weighted by Crippen LogP contribution is 2.17. The number of hydrogen-bond acceptors (Lipinski definition) is 4. The molecule has 0 bridgehead atoms. The molecule has 7 heteroatoms. The van der Waals surface area contributed by atoms with Gasteiger partial charge in [0.15, 0.2) is 0 Å². The van der Waals surface area contributed by atoms with Crippen molar-refractivity contribution in [2.45, 2.75) is 57.5 Å². The highest BCUT2D eigenvalue weighted by atomic mass is 32.2. The van der Waals surface area contributed by atoms with Crippen molar-refractivity contribution in [3.63, 3.8) is 0 Å². The van der Waals surface area contributed by atoms with Crippen molar-refractivity contribution < 1.29 is 14.4 Å². The molecule has 154 valence electrons. The predicted octanol–water partition coefficient (Wildman–Crippen LogP) is 2.41. The zero-order valence-corrected chi connectivity index (χ0v) is 17.6. The van der Waals surface area contributed by atoms with Crippen LogP contribution in [0.5, 0.6) is 0 Å². The molecule has 1 fully saturated rings. The summed E-state index contributed by atoms with van der Waals surface area (Å²) < 4.78 is 0. The minimum absolute atomic E-state index is 0.0641. The van der Waals surface area contributed by atoms with Gasteiger partial charge >= 0.3 is 0 Å². The Morgan fingerprint density at radius 2 is 1.93 bits per heavy atom. The van der Waals surface area contributed by atoms with Crippen LogP contribution in [0.3, 0.4) is 0 Å². The van der Waals surface area contributed by atoms with Crippen molar-refractivity contribution in [1.29, 1.82) is 0 Å². The van der Waals surface area contributed by atoms with Gasteiger partial charge < -0.3 is 16.0 Å². The summed E-state index contributed by atoms with van der Waals surface area (Å²) in [5, 5.41) is 8.46. The van der Waals surface area contributed by atoms with Crippen LogP contribution in [0, 0.1) is 6.92 Å². The maximum Gasteiger partial charge on any atom is 0.251 e. The summed E-state index contributed by atoms with van der Waals surface area (Å²) in [6.07, 6.45) is 7.97. The fourth-order valence-electron chi connectivity index (χ4n) is 3.35. The quantitative estimate of drug-likeness (QED) is 0.589. The lowest BCUT2D eigenvalue weighted by molar-refractivity contribution is -0.127. The van der Waals surface area contributed by atoms with E-state index < -0.39 is 6.04 Å². The minimum atomic E-state index is -0.664. The molecule has 0 spiro atoms. The molecule has 2 rings (SSSR count). The van der Waals surface area contributed by atoms with Crippen molar-refractivity contribution in [2.24, 2.45) is 0 Å². The first kappa shape index (κ1) is 22.3. The van der Waals surface area contributed by atoms with Gasteiger partial charge in [0, 0.05) is 11.6 Å². The highest BCUT2D eigenvalue weighted by Gasteiger charge is 2.22. The topological polar surface area (TPSA) is 87.3 Å². The molecule has 6 nitrogen and oxygen atoms in total. The molecule has 3 amide bonds. The van der Waals surface area contributed by atoms with Crippen LogP contribution in [0.4, 0.5) is 0 Å². The lowest BCUT2D eigenvalue weighted by atomic mass is 9.95. The molecule has 0 radical (unpaired) electrons. The average molecular weight is 406 g/mol. The number of carbonyl (C=O) groups is 3. The summed E-state index contributed by atoms with van der Waals surface area (Å²) in [7, 11) is 0. The molecule has 1 aliphatic carbocycles. The predicted molar refractivity (Wildman–Crippen MR) is 113 cm³/mol. The summed E-state index contributed by atoms with van der Waals surface area (Å²) in [5.74, 6) is -0.0418. The normalized spacial score (nSPS) is 15.5. The van der Waals surface area contributed by atoms with Crippen LogP contribution in [0.15, 0.2) is 24.3 Å². The summed E-state index contributed by atoms with van der Waals surface area (Å²) in [5.41, 5.74) is 1.51. The number of benzene rings is 1. The first-order valence-corrected chi connectivity index (χ1v) is 11.3. The number of hydrogen-bond donors (Lipinski definition) is 3. The monoisotopic (exact) mass is 405 g/mol. The van der Waals surface area contributed by atoms with E-state index >= 15 is 0 Å². The third-order valence-corrected chi connectivity index (χ3v) is 5.55. The number of carbonyl (C=O) groups excluding carboxylic acids is 3. The second-order valence-electron chi connectivity index (χ2n) is 7.30. The lowest BCUT2D eigenvalue weighted by Crippen LogP contribution is -2.50. The van der Waals surface area contributed by atoms with Crippen molar-refractivity contribution in [3.8, 4) is 0 Å². The molecule has 1 saturated carbocycles. The van der Waals surface area contributed by atoms with Crippen LogP contribution in [0.25, 0.3) is 0 Å².